The van der Waals surface area contributed by atoms with Crippen LogP contribution >= 0.6 is 0 Å². The first-order chi connectivity index (χ1) is 14.7. The van der Waals surface area contributed by atoms with E-state index in [2.05, 4.69) is 25.9 Å². The number of rotatable bonds is 4. The van der Waals surface area contributed by atoms with E-state index in [0.29, 0.717) is 53.9 Å². The Morgan fingerprint density at radius 3 is 2.70 bits per heavy atom. The SMILES string of the molecule is N#Cc1nc(-c2ccco2)oc1N1CCN(Cc2nc3ccccc3c(=O)[nH]2)CC1. The van der Waals surface area contributed by atoms with Crippen molar-refractivity contribution in [3.8, 4) is 17.7 Å². The highest BCUT2D eigenvalue weighted by Crippen LogP contribution is 2.29. The van der Waals surface area contributed by atoms with Gasteiger partial charge in [0.05, 0.1) is 23.7 Å². The Morgan fingerprint density at radius 1 is 1.10 bits per heavy atom. The lowest BCUT2D eigenvalue weighted by molar-refractivity contribution is 0.240. The number of fused-ring (bicyclic) bond motifs is 1. The molecule has 1 aromatic carbocycles. The largest absolute Gasteiger partial charge is 0.459 e. The highest BCUT2D eigenvalue weighted by molar-refractivity contribution is 5.77. The van der Waals surface area contributed by atoms with Gasteiger partial charge in [0.1, 0.15) is 11.9 Å². The number of H-pyrrole nitrogens is 1. The number of furan rings is 1. The minimum atomic E-state index is -0.125. The second-order valence-corrected chi connectivity index (χ2v) is 7.05. The molecule has 0 spiro atoms. The van der Waals surface area contributed by atoms with Crippen molar-refractivity contribution in [1.82, 2.24) is 19.9 Å². The number of aromatic amines is 1. The number of hydrogen-bond donors (Lipinski definition) is 1. The summed E-state index contributed by atoms with van der Waals surface area (Å²) in [5, 5.41) is 10.0. The first-order valence-electron chi connectivity index (χ1n) is 9.61. The molecule has 1 saturated heterocycles. The Kier molecular flexibility index (Phi) is 4.53. The Morgan fingerprint density at radius 2 is 1.93 bits per heavy atom. The summed E-state index contributed by atoms with van der Waals surface area (Å²) in [6.45, 7) is 3.35. The molecule has 0 amide bonds. The van der Waals surface area contributed by atoms with Crippen molar-refractivity contribution in [2.24, 2.45) is 0 Å². The number of para-hydroxylation sites is 1. The standard InChI is InChI=1S/C21H18N6O3/c22-12-16-21(30-20(24-16)17-6-3-11-29-17)27-9-7-26(8-10-27)13-18-23-15-5-2-1-4-14(15)19(28)25-18/h1-6,11H,7-10,13H2,(H,23,25,28). The van der Waals surface area contributed by atoms with E-state index in [0.717, 1.165) is 13.1 Å². The zero-order chi connectivity index (χ0) is 20.5. The number of anilines is 1. The van der Waals surface area contributed by atoms with Gasteiger partial charge in [-0.15, -0.1) is 0 Å². The zero-order valence-corrected chi connectivity index (χ0v) is 16.0. The van der Waals surface area contributed by atoms with E-state index in [1.54, 1.807) is 18.2 Å². The third kappa shape index (κ3) is 3.33. The summed E-state index contributed by atoms with van der Waals surface area (Å²) < 4.78 is 11.1. The van der Waals surface area contributed by atoms with Gasteiger partial charge < -0.3 is 18.7 Å². The zero-order valence-electron chi connectivity index (χ0n) is 16.0. The second kappa shape index (κ2) is 7.50. The van der Waals surface area contributed by atoms with E-state index in [9.17, 15) is 10.1 Å². The summed E-state index contributed by atoms with van der Waals surface area (Å²) in [6.07, 6.45) is 1.54. The maximum absolute atomic E-state index is 12.3. The summed E-state index contributed by atoms with van der Waals surface area (Å²) in [4.78, 5) is 28.2. The van der Waals surface area contributed by atoms with Crippen molar-refractivity contribution >= 4 is 16.8 Å². The van der Waals surface area contributed by atoms with Gasteiger partial charge >= 0.3 is 0 Å². The maximum atomic E-state index is 12.3. The number of nitriles is 1. The van der Waals surface area contributed by atoms with E-state index < -0.39 is 0 Å². The quantitative estimate of drug-likeness (QED) is 0.553. The lowest BCUT2D eigenvalue weighted by Gasteiger charge is -2.34. The van der Waals surface area contributed by atoms with Gasteiger partial charge in [0.15, 0.2) is 5.76 Å². The summed E-state index contributed by atoms with van der Waals surface area (Å²) in [5.74, 6) is 1.89. The number of benzene rings is 1. The van der Waals surface area contributed by atoms with Crippen LogP contribution in [-0.2, 0) is 6.54 Å². The number of hydrogen-bond acceptors (Lipinski definition) is 8. The van der Waals surface area contributed by atoms with Gasteiger partial charge in [-0.1, -0.05) is 12.1 Å². The average Bonchev–Trinajstić information content (AvgIpc) is 3.44. The fourth-order valence-corrected chi connectivity index (χ4v) is 3.64. The smallest absolute Gasteiger partial charge is 0.266 e. The summed E-state index contributed by atoms with van der Waals surface area (Å²) in [6, 6.07) is 12.9. The van der Waals surface area contributed by atoms with Crippen LogP contribution in [0.5, 0.6) is 0 Å². The van der Waals surface area contributed by atoms with Gasteiger partial charge in [0.2, 0.25) is 11.6 Å². The van der Waals surface area contributed by atoms with Crippen LogP contribution in [0.25, 0.3) is 22.6 Å². The highest BCUT2D eigenvalue weighted by atomic mass is 16.4. The monoisotopic (exact) mass is 402 g/mol. The number of oxazole rings is 1. The molecule has 30 heavy (non-hydrogen) atoms. The molecule has 5 rings (SSSR count). The van der Waals surface area contributed by atoms with E-state index in [1.165, 1.54) is 6.26 Å². The summed E-state index contributed by atoms with van der Waals surface area (Å²) in [7, 11) is 0. The molecule has 1 N–H and O–H groups in total. The predicted octanol–water partition coefficient (Wildman–Crippen LogP) is 2.36. The Bertz CT molecular complexity index is 1280. The van der Waals surface area contributed by atoms with Crippen LogP contribution in [-0.4, -0.2) is 46.0 Å². The molecule has 1 aliphatic rings. The average molecular weight is 402 g/mol. The minimum Gasteiger partial charge on any atom is -0.459 e. The first kappa shape index (κ1) is 18.1. The van der Waals surface area contributed by atoms with Crippen LogP contribution in [0.15, 0.2) is 56.3 Å². The molecule has 4 heterocycles. The molecule has 0 unspecified atom stereocenters. The van der Waals surface area contributed by atoms with Gasteiger partial charge in [-0.25, -0.2) is 4.98 Å². The molecule has 3 aromatic heterocycles. The summed E-state index contributed by atoms with van der Waals surface area (Å²) >= 11 is 0. The maximum Gasteiger partial charge on any atom is 0.266 e. The van der Waals surface area contributed by atoms with Crippen LogP contribution < -0.4 is 10.5 Å². The molecular formula is C21H18N6O3. The number of aromatic nitrogens is 3. The topological polar surface area (TPSA) is 115 Å². The van der Waals surface area contributed by atoms with Gasteiger partial charge in [-0.05, 0) is 24.3 Å². The molecule has 1 fully saturated rings. The molecule has 0 radical (unpaired) electrons. The third-order valence-corrected chi connectivity index (χ3v) is 5.14. The van der Waals surface area contributed by atoms with Crippen molar-refractivity contribution in [2.45, 2.75) is 6.54 Å². The van der Waals surface area contributed by atoms with Crippen LogP contribution in [0.4, 0.5) is 5.88 Å². The van der Waals surface area contributed by atoms with Crippen molar-refractivity contribution in [3.63, 3.8) is 0 Å². The summed E-state index contributed by atoms with van der Waals surface area (Å²) in [5.41, 5.74) is 0.816. The molecule has 0 bridgehead atoms. The lowest BCUT2D eigenvalue weighted by atomic mass is 10.2. The van der Waals surface area contributed by atoms with E-state index in [4.69, 9.17) is 8.83 Å². The molecular weight excluding hydrogens is 384 g/mol. The third-order valence-electron chi connectivity index (χ3n) is 5.14. The van der Waals surface area contributed by atoms with Crippen LogP contribution in [0.2, 0.25) is 0 Å². The number of piperazine rings is 1. The molecule has 4 aromatic rings. The molecule has 9 nitrogen and oxygen atoms in total. The fraction of sp³-hybridized carbons (Fsp3) is 0.238. The van der Waals surface area contributed by atoms with Crippen molar-refractivity contribution in [3.05, 3.63) is 64.5 Å². The molecule has 0 atom stereocenters. The van der Waals surface area contributed by atoms with Crippen molar-refractivity contribution in [1.29, 1.82) is 5.26 Å². The highest BCUT2D eigenvalue weighted by Gasteiger charge is 2.25. The molecule has 1 aliphatic heterocycles. The second-order valence-electron chi connectivity index (χ2n) is 7.05. The van der Waals surface area contributed by atoms with Crippen LogP contribution in [0.3, 0.4) is 0 Å². The van der Waals surface area contributed by atoms with Gasteiger partial charge in [-0.3, -0.25) is 9.69 Å². The number of nitrogens with one attached hydrogen (secondary N) is 1. The fourth-order valence-electron chi connectivity index (χ4n) is 3.64. The normalized spacial score (nSPS) is 14.8. The molecule has 0 saturated carbocycles. The lowest BCUT2D eigenvalue weighted by Crippen LogP contribution is -2.46. The molecule has 150 valence electrons. The van der Waals surface area contributed by atoms with Gasteiger partial charge in [0, 0.05) is 26.2 Å². The van der Waals surface area contributed by atoms with Crippen molar-refractivity contribution < 1.29 is 8.83 Å². The molecule has 0 aliphatic carbocycles. The van der Waals surface area contributed by atoms with Gasteiger partial charge in [-0.2, -0.15) is 10.2 Å². The first-order valence-corrected chi connectivity index (χ1v) is 9.61. The minimum absolute atomic E-state index is 0.125. The Balaban J connectivity index is 1.29. The van der Waals surface area contributed by atoms with Crippen molar-refractivity contribution in [2.75, 3.05) is 31.1 Å². The van der Waals surface area contributed by atoms with E-state index in [1.807, 2.05) is 23.1 Å². The Labute approximate surface area is 171 Å². The van der Waals surface area contributed by atoms with Crippen LogP contribution in [0, 0.1) is 11.3 Å². The predicted molar refractivity (Wildman–Crippen MR) is 109 cm³/mol. The van der Waals surface area contributed by atoms with E-state index >= 15 is 0 Å². The molecule has 9 heteroatoms. The van der Waals surface area contributed by atoms with E-state index in [-0.39, 0.29) is 11.3 Å². The van der Waals surface area contributed by atoms with Crippen LogP contribution in [0.1, 0.15) is 11.5 Å². The van der Waals surface area contributed by atoms with Gasteiger partial charge in [0.25, 0.3) is 11.4 Å². The Hall–Kier alpha value is -3.90. The number of nitrogens with zero attached hydrogens (tertiary/aromatic N) is 5.